The van der Waals surface area contributed by atoms with Crippen LogP contribution in [0.25, 0.3) is 0 Å². The Kier molecular flexibility index (Phi) is 10.5. The number of carbonyl (C=O) groups is 1. The maximum absolute atomic E-state index is 12.7. The Morgan fingerprint density at radius 2 is 2.08 bits per heavy atom. The number of nitrogens with zero attached hydrogens (tertiary/aromatic N) is 4. The molecule has 2 aromatic heterocycles. The molecule has 3 heterocycles. The van der Waals surface area contributed by atoms with Gasteiger partial charge in [0.2, 0.25) is 5.91 Å². The van der Waals surface area contributed by atoms with Crippen molar-refractivity contribution in [3.63, 3.8) is 0 Å². The Morgan fingerprint density at radius 1 is 1.26 bits per heavy atom. The minimum atomic E-state index is -0.593. The summed E-state index contributed by atoms with van der Waals surface area (Å²) in [6, 6.07) is 13.7. The summed E-state index contributed by atoms with van der Waals surface area (Å²) in [4.78, 5) is 44.1. The maximum atomic E-state index is 12.7. The monoisotopic (exact) mass is 571 g/mol. The van der Waals surface area contributed by atoms with Gasteiger partial charge in [0.05, 0.1) is 29.3 Å². The first-order valence-electron chi connectivity index (χ1n) is 12.5. The van der Waals surface area contributed by atoms with Gasteiger partial charge in [-0.25, -0.2) is 9.78 Å². The highest BCUT2D eigenvalue weighted by atomic mass is 33.1. The molecule has 11 nitrogen and oxygen atoms in total. The predicted molar refractivity (Wildman–Crippen MR) is 149 cm³/mol. The predicted octanol–water partition coefficient (Wildman–Crippen LogP) is 4.99. The van der Waals surface area contributed by atoms with Gasteiger partial charge in [-0.1, -0.05) is 35.9 Å². The Hall–Kier alpha value is -3.26. The van der Waals surface area contributed by atoms with E-state index in [1.54, 1.807) is 58.2 Å². The standard InChI is InChI=1S/C26H29N5O6S2/c1-2-20-21(36-17-18-8-3-4-9-19(18)31(34)35)16-25(37-20)30-14-12-22(29-26(30)33)28-23(32)10-7-15-38-39-24-11-5-6-13-27-24/h3-6,8-9,11-14,20-21,25H,2,7,10,15-17H2,1H3,(H,28,29,32,33). The lowest BCUT2D eigenvalue weighted by Crippen LogP contribution is -2.28. The number of hydrogen-bond acceptors (Lipinski definition) is 10. The summed E-state index contributed by atoms with van der Waals surface area (Å²) in [5.41, 5.74) is -0.0687. The molecule has 0 spiro atoms. The van der Waals surface area contributed by atoms with Crippen molar-refractivity contribution in [3.8, 4) is 0 Å². The Morgan fingerprint density at radius 3 is 2.82 bits per heavy atom. The van der Waals surface area contributed by atoms with Crippen molar-refractivity contribution in [1.29, 1.82) is 0 Å². The third kappa shape index (κ3) is 8.12. The van der Waals surface area contributed by atoms with Crippen LogP contribution in [-0.4, -0.2) is 43.3 Å². The first kappa shape index (κ1) is 28.7. The van der Waals surface area contributed by atoms with Gasteiger partial charge in [0.15, 0.2) is 0 Å². The number of aromatic nitrogens is 3. The van der Waals surface area contributed by atoms with E-state index in [1.807, 2.05) is 25.1 Å². The van der Waals surface area contributed by atoms with Gasteiger partial charge in [-0.15, -0.1) is 0 Å². The molecule has 206 valence electrons. The number of nitrogens with one attached hydrogen (secondary N) is 1. The minimum Gasteiger partial charge on any atom is -0.370 e. The van der Waals surface area contributed by atoms with Crippen LogP contribution < -0.4 is 11.0 Å². The second-order valence-corrected chi connectivity index (χ2v) is 11.2. The number of nitro benzene ring substituents is 1. The van der Waals surface area contributed by atoms with Gasteiger partial charge in [0.1, 0.15) is 17.1 Å². The van der Waals surface area contributed by atoms with Gasteiger partial charge in [-0.05, 0) is 47.9 Å². The lowest BCUT2D eigenvalue weighted by molar-refractivity contribution is -0.386. The average Bonchev–Trinajstić information content (AvgIpc) is 3.35. The molecule has 3 aromatic rings. The number of anilines is 1. The molecule has 0 radical (unpaired) electrons. The maximum Gasteiger partial charge on any atom is 0.351 e. The van der Waals surface area contributed by atoms with Crippen molar-refractivity contribution in [2.24, 2.45) is 0 Å². The second-order valence-electron chi connectivity index (χ2n) is 8.74. The highest BCUT2D eigenvalue weighted by Crippen LogP contribution is 2.33. The van der Waals surface area contributed by atoms with Crippen LogP contribution >= 0.6 is 21.6 Å². The SMILES string of the molecule is CCC1OC(n2ccc(NC(=O)CCCSSc3ccccn3)nc2=O)CC1OCc1ccccc1[N+](=O)[O-]. The minimum absolute atomic E-state index is 0.00111. The summed E-state index contributed by atoms with van der Waals surface area (Å²) in [5.74, 6) is 0.753. The Bertz CT molecular complexity index is 1330. The Labute approximate surface area is 233 Å². The largest absolute Gasteiger partial charge is 0.370 e. The first-order chi connectivity index (χ1) is 18.9. The van der Waals surface area contributed by atoms with Crippen molar-refractivity contribution < 1.29 is 19.2 Å². The van der Waals surface area contributed by atoms with Crippen molar-refractivity contribution in [2.45, 2.75) is 62.7 Å². The summed E-state index contributed by atoms with van der Waals surface area (Å²) in [5, 5.41) is 14.9. The van der Waals surface area contributed by atoms with Crippen LogP contribution in [-0.2, 0) is 20.9 Å². The van der Waals surface area contributed by atoms with Gasteiger partial charge in [-0.2, -0.15) is 4.98 Å². The van der Waals surface area contributed by atoms with Crippen LogP contribution in [0, 0.1) is 10.1 Å². The number of pyridine rings is 1. The number of para-hydroxylation sites is 1. The van der Waals surface area contributed by atoms with Crippen molar-refractivity contribution in [2.75, 3.05) is 11.1 Å². The zero-order valence-corrected chi connectivity index (χ0v) is 22.9. The molecule has 1 aliphatic rings. The average molecular weight is 572 g/mol. The topological polar surface area (TPSA) is 138 Å². The van der Waals surface area contributed by atoms with Crippen LogP contribution in [0.2, 0.25) is 0 Å². The van der Waals surface area contributed by atoms with E-state index in [4.69, 9.17) is 9.47 Å². The summed E-state index contributed by atoms with van der Waals surface area (Å²) < 4.78 is 13.4. The Balaban J connectivity index is 1.26. The van der Waals surface area contributed by atoms with Crippen LogP contribution in [0.1, 0.15) is 44.4 Å². The third-order valence-electron chi connectivity index (χ3n) is 6.05. The number of benzene rings is 1. The molecule has 0 aliphatic carbocycles. The molecule has 3 atom stereocenters. The lowest BCUT2D eigenvalue weighted by Gasteiger charge is -2.17. The van der Waals surface area contributed by atoms with Crippen LogP contribution in [0.15, 0.2) is 70.7 Å². The molecular formula is C26H29N5O6S2. The molecule has 0 bridgehead atoms. The van der Waals surface area contributed by atoms with Crippen LogP contribution in [0.3, 0.4) is 0 Å². The normalized spacial score (nSPS) is 18.6. The summed E-state index contributed by atoms with van der Waals surface area (Å²) in [7, 11) is 3.20. The van der Waals surface area contributed by atoms with Gasteiger partial charge in [-0.3, -0.25) is 19.5 Å². The smallest absolute Gasteiger partial charge is 0.351 e. The fraction of sp³-hybridized carbons (Fsp3) is 0.385. The number of ether oxygens (including phenoxy) is 2. The molecule has 1 amide bonds. The third-order valence-corrected chi connectivity index (χ3v) is 8.40. The van der Waals surface area contributed by atoms with E-state index in [2.05, 4.69) is 15.3 Å². The van der Waals surface area contributed by atoms with Crippen LogP contribution in [0.5, 0.6) is 0 Å². The van der Waals surface area contributed by atoms with E-state index in [0.29, 0.717) is 31.2 Å². The van der Waals surface area contributed by atoms with Crippen molar-refractivity contribution >= 4 is 39.0 Å². The molecule has 1 N–H and O–H groups in total. The van der Waals surface area contributed by atoms with Crippen molar-refractivity contribution in [3.05, 3.63) is 87.1 Å². The molecule has 1 fully saturated rings. The van der Waals surface area contributed by atoms with Gasteiger partial charge < -0.3 is 14.8 Å². The fourth-order valence-corrected chi connectivity index (χ4v) is 6.08. The number of hydrogen-bond donors (Lipinski definition) is 1. The number of nitro groups is 1. The van der Waals surface area contributed by atoms with E-state index in [0.717, 1.165) is 10.8 Å². The molecule has 4 rings (SSSR count). The molecule has 13 heteroatoms. The van der Waals surface area contributed by atoms with Gasteiger partial charge in [0, 0.05) is 37.1 Å². The van der Waals surface area contributed by atoms with E-state index in [-0.39, 0.29) is 36.2 Å². The zero-order chi connectivity index (χ0) is 27.6. The molecule has 0 saturated carbocycles. The molecule has 3 unspecified atom stereocenters. The molecular weight excluding hydrogens is 542 g/mol. The highest BCUT2D eigenvalue weighted by Gasteiger charge is 2.36. The summed E-state index contributed by atoms with van der Waals surface area (Å²) in [6.07, 6.45) is 4.09. The quantitative estimate of drug-likeness (QED) is 0.129. The van der Waals surface area contributed by atoms with Gasteiger partial charge >= 0.3 is 5.69 Å². The number of amides is 1. The number of carbonyl (C=O) groups excluding carboxylic acids is 1. The van der Waals surface area contributed by atoms with E-state index < -0.39 is 16.8 Å². The number of rotatable bonds is 13. The molecule has 1 aliphatic heterocycles. The molecule has 1 saturated heterocycles. The summed E-state index contributed by atoms with van der Waals surface area (Å²) >= 11 is 0. The van der Waals surface area contributed by atoms with Gasteiger partial charge in [0.25, 0.3) is 5.69 Å². The molecule has 39 heavy (non-hydrogen) atoms. The fourth-order valence-electron chi connectivity index (χ4n) is 4.11. The van der Waals surface area contributed by atoms with E-state index in [1.165, 1.54) is 10.6 Å². The van der Waals surface area contributed by atoms with E-state index >= 15 is 0 Å². The van der Waals surface area contributed by atoms with Crippen molar-refractivity contribution in [1.82, 2.24) is 14.5 Å². The first-order valence-corrected chi connectivity index (χ1v) is 14.9. The molecule has 1 aromatic carbocycles. The highest BCUT2D eigenvalue weighted by molar-refractivity contribution is 8.76. The zero-order valence-electron chi connectivity index (χ0n) is 21.3. The second kappa shape index (κ2) is 14.2. The van der Waals surface area contributed by atoms with E-state index in [9.17, 15) is 19.7 Å². The lowest BCUT2D eigenvalue weighted by atomic mass is 10.1. The van der Waals surface area contributed by atoms with Crippen LogP contribution in [0.4, 0.5) is 11.5 Å². The summed E-state index contributed by atoms with van der Waals surface area (Å²) in [6.45, 7) is 2.01.